The molecule has 3 aromatic rings. The van der Waals surface area contributed by atoms with Gasteiger partial charge in [0.1, 0.15) is 0 Å². The van der Waals surface area contributed by atoms with E-state index in [-0.39, 0.29) is 11.1 Å². The minimum atomic E-state index is -3.96. The molecule has 46 heavy (non-hydrogen) atoms. The van der Waals surface area contributed by atoms with E-state index in [1.807, 2.05) is 0 Å². The monoisotopic (exact) mass is 632 g/mol. The zero-order valence-electron chi connectivity index (χ0n) is 26.8. The third kappa shape index (κ3) is 7.52. The van der Waals surface area contributed by atoms with Gasteiger partial charge in [-0.2, -0.15) is 0 Å². The van der Waals surface area contributed by atoms with Gasteiger partial charge < -0.3 is 30.6 Å². The number of carbonyl (C=O) groups excluding carboxylic acids is 2. The van der Waals surface area contributed by atoms with Crippen molar-refractivity contribution >= 4 is 29.2 Å². The summed E-state index contributed by atoms with van der Waals surface area (Å²) in [6, 6.07) is 19.8. The summed E-state index contributed by atoms with van der Waals surface area (Å²) in [4.78, 5) is 51.7. The lowest BCUT2D eigenvalue weighted by atomic mass is 9.73. The van der Waals surface area contributed by atoms with E-state index in [0.717, 1.165) is 24.3 Å². The minimum absolute atomic E-state index is 0.383. The Labute approximate surface area is 269 Å². The van der Waals surface area contributed by atoms with Crippen LogP contribution < -0.4 is 10.2 Å². The highest BCUT2D eigenvalue weighted by atomic mass is 16.5. The first-order valence-electron chi connectivity index (χ1n) is 15.5. The van der Waals surface area contributed by atoms with Crippen LogP contribution in [0.2, 0.25) is 0 Å². The second-order valence-electron chi connectivity index (χ2n) is 11.7. The van der Waals surface area contributed by atoms with Gasteiger partial charge in [-0.25, -0.2) is 9.59 Å². The lowest BCUT2D eigenvalue weighted by molar-refractivity contribution is -0.187. The molecule has 0 aromatic heterocycles. The molecule has 10 heteroatoms. The number of ketones is 2. The quantitative estimate of drug-likeness (QED) is 0.139. The van der Waals surface area contributed by atoms with Crippen LogP contribution in [0, 0.1) is 13.8 Å². The number of carboxylic acid groups (broad SMARTS) is 2. The molecule has 1 saturated heterocycles. The average molecular weight is 633 g/mol. The number of aliphatic carboxylic acids is 2. The van der Waals surface area contributed by atoms with Crippen LogP contribution in [0.3, 0.4) is 0 Å². The van der Waals surface area contributed by atoms with Crippen LogP contribution in [0.25, 0.3) is 0 Å². The van der Waals surface area contributed by atoms with Crippen molar-refractivity contribution in [2.45, 2.75) is 70.1 Å². The molecule has 0 bridgehead atoms. The van der Waals surface area contributed by atoms with Crippen LogP contribution in [-0.4, -0.2) is 75.3 Å². The Kier molecular flexibility index (Phi) is 12.4. The maximum absolute atomic E-state index is 12.8. The molecule has 4 rings (SSSR count). The molecule has 1 unspecified atom stereocenters. The Morgan fingerprint density at radius 1 is 0.739 bits per heavy atom. The highest BCUT2D eigenvalue weighted by Gasteiger charge is 2.69. The van der Waals surface area contributed by atoms with Gasteiger partial charge in [-0.3, -0.25) is 9.59 Å². The number of aryl methyl sites for hydroxylation is 2. The van der Waals surface area contributed by atoms with E-state index in [9.17, 15) is 39.6 Å². The van der Waals surface area contributed by atoms with Gasteiger partial charge in [0.15, 0.2) is 0 Å². The number of benzene rings is 3. The molecule has 10 nitrogen and oxygen atoms in total. The highest BCUT2D eigenvalue weighted by molar-refractivity contribution is 6.28. The Balaban J connectivity index is 0.000000275. The van der Waals surface area contributed by atoms with Gasteiger partial charge in [0, 0.05) is 35.9 Å². The van der Waals surface area contributed by atoms with Crippen molar-refractivity contribution in [1.82, 2.24) is 5.32 Å². The fourth-order valence-corrected chi connectivity index (χ4v) is 5.61. The molecule has 1 aliphatic heterocycles. The number of hydrogen-bond acceptors (Lipinski definition) is 8. The standard InChI is InChI=1S/C20H18O8.C16H26N2/c1-11-3-7-13(8-4-11)15(21)19(27,17(23)24)20(28,18(25)26)16(22)14-9-5-12(2)6-10-14;1-3-9-15(17-2)14-10-5-6-11-16(14)18-12-7-4-8-13-18/h3-10,27-28H,1-2H3,(H,23,24)(H,25,26);5-6,10-11,15,17H,3-4,7-9,12-13H2,1-2H3/t19-,20-;/m1./s1. The SMILES string of the molecule is CCCC(NC)c1ccccc1N1CCCCC1.Cc1ccc(C(=O)[C@@](O)(C(=O)O)[C@](O)(C(=O)O)C(=O)c2ccc(C)cc2)cc1. The van der Waals surface area contributed by atoms with Crippen molar-refractivity contribution in [1.29, 1.82) is 0 Å². The van der Waals surface area contributed by atoms with Crippen LogP contribution >= 0.6 is 0 Å². The number of nitrogens with zero attached hydrogens (tertiary/aromatic N) is 1. The number of carboxylic acids is 2. The minimum Gasteiger partial charge on any atom is -0.479 e. The summed E-state index contributed by atoms with van der Waals surface area (Å²) >= 11 is 0. The number of rotatable bonds is 12. The Bertz CT molecular complexity index is 1410. The van der Waals surface area contributed by atoms with E-state index >= 15 is 0 Å². The van der Waals surface area contributed by atoms with Crippen LogP contribution in [0.1, 0.15) is 82.5 Å². The van der Waals surface area contributed by atoms with Gasteiger partial charge >= 0.3 is 11.9 Å². The van der Waals surface area contributed by atoms with Crippen LogP contribution in [0.4, 0.5) is 5.69 Å². The molecule has 1 aliphatic rings. The molecule has 0 spiro atoms. The largest absolute Gasteiger partial charge is 0.479 e. The van der Waals surface area contributed by atoms with Gasteiger partial charge in [-0.05, 0) is 58.2 Å². The fourth-order valence-electron chi connectivity index (χ4n) is 5.61. The lowest BCUT2D eigenvalue weighted by Gasteiger charge is -2.34. The van der Waals surface area contributed by atoms with E-state index in [4.69, 9.17) is 0 Å². The zero-order valence-corrected chi connectivity index (χ0v) is 26.8. The number of piperidine rings is 1. The van der Waals surface area contributed by atoms with Crippen molar-refractivity contribution in [3.05, 3.63) is 101 Å². The second-order valence-corrected chi connectivity index (χ2v) is 11.7. The first-order chi connectivity index (χ1) is 21.8. The Hall–Kier alpha value is -4.38. The number of nitrogens with one attached hydrogen (secondary N) is 1. The van der Waals surface area contributed by atoms with Crippen molar-refractivity contribution in [3.8, 4) is 0 Å². The van der Waals surface area contributed by atoms with E-state index in [1.165, 1.54) is 80.7 Å². The van der Waals surface area contributed by atoms with Crippen molar-refractivity contribution in [2.24, 2.45) is 0 Å². The number of carbonyl (C=O) groups is 4. The summed E-state index contributed by atoms with van der Waals surface area (Å²) in [5.41, 5.74) is -4.35. The lowest BCUT2D eigenvalue weighted by Crippen LogP contribution is -2.71. The molecule has 3 atom stereocenters. The molecular formula is C36H44N2O8. The van der Waals surface area contributed by atoms with Crippen molar-refractivity contribution in [3.63, 3.8) is 0 Å². The zero-order chi connectivity index (χ0) is 34.1. The van der Waals surface area contributed by atoms with Crippen LogP contribution in [-0.2, 0) is 9.59 Å². The molecular weight excluding hydrogens is 588 g/mol. The molecule has 0 radical (unpaired) electrons. The predicted molar refractivity (Wildman–Crippen MR) is 175 cm³/mol. The summed E-state index contributed by atoms with van der Waals surface area (Å²) in [6.07, 6.45) is 6.50. The normalized spacial score (nSPS) is 16.2. The van der Waals surface area contributed by atoms with Crippen LogP contribution in [0.5, 0.6) is 0 Å². The predicted octanol–water partition coefficient (Wildman–Crippen LogP) is 4.74. The molecule has 5 N–H and O–H groups in total. The molecule has 1 heterocycles. The van der Waals surface area contributed by atoms with Crippen molar-refractivity contribution < 1.29 is 39.6 Å². The summed E-state index contributed by atoms with van der Waals surface area (Å²) < 4.78 is 0. The van der Waals surface area contributed by atoms with Crippen molar-refractivity contribution in [2.75, 3.05) is 25.0 Å². The number of aliphatic hydroxyl groups is 2. The topological polar surface area (TPSA) is 164 Å². The van der Waals surface area contributed by atoms with E-state index in [1.54, 1.807) is 13.8 Å². The molecule has 246 valence electrons. The molecule has 0 saturated carbocycles. The van der Waals surface area contributed by atoms with Gasteiger partial charge in [-0.1, -0.05) is 91.2 Å². The van der Waals surface area contributed by atoms with Gasteiger partial charge in [0.25, 0.3) is 11.2 Å². The summed E-state index contributed by atoms with van der Waals surface area (Å²) in [7, 11) is 2.08. The van der Waals surface area contributed by atoms with E-state index < -0.39 is 34.7 Å². The number of anilines is 1. The van der Waals surface area contributed by atoms with Gasteiger partial charge in [-0.15, -0.1) is 0 Å². The number of para-hydroxylation sites is 1. The fraction of sp³-hybridized carbons (Fsp3) is 0.389. The number of Topliss-reactive ketones (excluding diaryl/α,β-unsaturated/α-hetero) is 2. The summed E-state index contributed by atoms with van der Waals surface area (Å²) in [5, 5.41) is 43.8. The third-order valence-electron chi connectivity index (χ3n) is 8.36. The molecule has 0 aliphatic carbocycles. The maximum Gasteiger partial charge on any atom is 0.348 e. The van der Waals surface area contributed by atoms with E-state index in [2.05, 4.69) is 48.5 Å². The summed E-state index contributed by atoms with van der Waals surface area (Å²) in [5.74, 6) is -8.01. The average Bonchev–Trinajstić information content (AvgIpc) is 3.07. The molecule has 1 fully saturated rings. The van der Waals surface area contributed by atoms with Crippen LogP contribution in [0.15, 0.2) is 72.8 Å². The number of hydrogen-bond donors (Lipinski definition) is 5. The summed E-state index contributed by atoms with van der Waals surface area (Å²) in [6.45, 7) is 8.07. The third-order valence-corrected chi connectivity index (χ3v) is 8.36. The highest BCUT2D eigenvalue weighted by Crippen LogP contribution is 2.33. The van der Waals surface area contributed by atoms with Gasteiger partial charge in [0.2, 0.25) is 11.6 Å². The first-order valence-corrected chi connectivity index (χ1v) is 15.5. The van der Waals surface area contributed by atoms with E-state index in [0.29, 0.717) is 17.2 Å². The second kappa shape index (κ2) is 15.8. The molecule has 3 aromatic carbocycles. The molecule has 0 amide bonds. The smallest absolute Gasteiger partial charge is 0.348 e. The first kappa shape index (κ1) is 36.1. The Morgan fingerprint density at radius 2 is 1.17 bits per heavy atom. The Morgan fingerprint density at radius 3 is 1.57 bits per heavy atom. The maximum atomic E-state index is 12.8. The van der Waals surface area contributed by atoms with Gasteiger partial charge in [0.05, 0.1) is 0 Å².